The summed E-state index contributed by atoms with van der Waals surface area (Å²) >= 11 is 0. The summed E-state index contributed by atoms with van der Waals surface area (Å²) in [5.74, 6) is -0.543. The number of benzene rings is 1. The standard InChI is InChI=1S/C8H11N3O3S/c9-8(12)5-6-3-1-2-4-7(6)11-15(10,13)14/h1-4,11H,5H2,(H2,9,12)(H2,10,13,14). The predicted molar refractivity (Wildman–Crippen MR) is 56.1 cm³/mol. The lowest BCUT2D eigenvalue weighted by Crippen LogP contribution is -2.23. The largest absolute Gasteiger partial charge is 0.369 e. The van der Waals surface area contributed by atoms with E-state index in [0.29, 0.717) is 5.56 Å². The highest BCUT2D eigenvalue weighted by atomic mass is 32.2. The third-order valence-electron chi connectivity index (χ3n) is 1.63. The number of hydrogen-bond donors (Lipinski definition) is 3. The monoisotopic (exact) mass is 229 g/mol. The molecule has 1 rings (SSSR count). The zero-order chi connectivity index (χ0) is 11.5. The number of carbonyl (C=O) groups excluding carboxylic acids is 1. The number of carbonyl (C=O) groups is 1. The Morgan fingerprint density at radius 3 is 2.47 bits per heavy atom. The Hall–Kier alpha value is -1.60. The van der Waals surface area contributed by atoms with Crippen LogP contribution in [0.15, 0.2) is 24.3 Å². The van der Waals surface area contributed by atoms with Crippen molar-refractivity contribution in [3.05, 3.63) is 29.8 Å². The van der Waals surface area contributed by atoms with Crippen LogP contribution < -0.4 is 15.6 Å². The van der Waals surface area contributed by atoms with Crippen molar-refractivity contribution in [2.75, 3.05) is 4.72 Å². The van der Waals surface area contributed by atoms with Crippen LogP contribution in [0.25, 0.3) is 0 Å². The van der Waals surface area contributed by atoms with Gasteiger partial charge in [0.1, 0.15) is 0 Å². The van der Waals surface area contributed by atoms with Gasteiger partial charge in [0.05, 0.1) is 12.1 Å². The van der Waals surface area contributed by atoms with Crippen molar-refractivity contribution in [2.24, 2.45) is 10.9 Å². The van der Waals surface area contributed by atoms with Gasteiger partial charge in [-0.3, -0.25) is 9.52 Å². The summed E-state index contributed by atoms with van der Waals surface area (Å²) in [5.41, 5.74) is 5.76. The quantitative estimate of drug-likeness (QED) is 0.635. The van der Waals surface area contributed by atoms with Crippen molar-refractivity contribution < 1.29 is 13.2 Å². The Labute approximate surface area is 87.4 Å². The molecule has 7 heteroatoms. The molecule has 5 N–H and O–H groups in total. The number of anilines is 1. The van der Waals surface area contributed by atoms with Crippen LogP contribution in [0.3, 0.4) is 0 Å². The molecule has 0 heterocycles. The van der Waals surface area contributed by atoms with Gasteiger partial charge in [0.15, 0.2) is 0 Å². The lowest BCUT2D eigenvalue weighted by atomic mass is 10.1. The van der Waals surface area contributed by atoms with Crippen LogP contribution in [0.5, 0.6) is 0 Å². The molecule has 0 radical (unpaired) electrons. The second kappa shape index (κ2) is 4.28. The molecule has 0 aromatic heterocycles. The Balaban J connectivity index is 3.01. The topological polar surface area (TPSA) is 115 Å². The summed E-state index contributed by atoms with van der Waals surface area (Å²) in [6, 6.07) is 6.39. The summed E-state index contributed by atoms with van der Waals surface area (Å²) in [6.45, 7) is 0. The van der Waals surface area contributed by atoms with E-state index < -0.39 is 16.1 Å². The van der Waals surface area contributed by atoms with Crippen molar-refractivity contribution in [3.8, 4) is 0 Å². The van der Waals surface area contributed by atoms with Gasteiger partial charge in [-0.2, -0.15) is 8.42 Å². The third kappa shape index (κ3) is 3.96. The Kier molecular flexibility index (Phi) is 3.28. The Bertz CT molecular complexity index is 470. The van der Waals surface area contributed by atoms with Gasteiger partial charge in [-0.25, -0.2) is 5.14 Å². The van der Waals surface area contributed by atoms with Crippen molar-refractivity contribution in [3.63, 3.8) is 0 Å². The summed E-state index contributed by atoms with van der Waals surface area (Å²) in [7, 11) is -3.84. The SMILES string of the molecule is NC(=O)Cc1ccccc1NS(N)(=O)=O. The van der Waals surface area contributed by atoms with Crippen LogP contribution in [0, 0.1) is 0 Å². The molecule has 0 unspecified atom stereocenters. The molecular formula is C8H11N3O3S. The van der Waals surface area contributed by atoms with Gasteiger partial charge in [0.25, 0.3) is 10.2 Å². The maximum atomic E-state index is 10.8. The molecule has 0 bridgehead atoms. The molecule has 0 saturated heterocycles. The molecular weight excluding hydrogens is 218 g/mol. The number of nitrogens with one attached hydrogen (secondary N) is 1. The van der Waals surface area contributed by atoms with Crippen molar-refractivity contribution in [1.29, 1.82) is 0 Å². The highest BCUT2D eigenvalue weighted by Gasteiger charge is 2.08. The molecule has 1 amide bonds. The number of primary amides is 1. The van der Waals surface area contributed by atoms with Crippen LogP contribution >= 0.6 is 0 Å². The van der Waals surface area contributed by atoms with Crippen molar-refractivity contribution in [2.45, 2.75) is 6.42 Å². The average Bonchev–Trinajstić information content (AvgIpc) is 2.05. The van der Waals surface area contributed by atoms with Gasteiger partial charge in [0, 0.05) is 0 Å². The van der Waals surface area contributed by atoms with E-state index in [1.165, 1.54) is 6.07 Å². The zero-order valence-electron chi connectivity index (χ0n) is 7.80. The summed E-state index contributed by atoms with van der Waals surface area (Å²) < 4.78 is 23.7. The van der Waals surface area contributed by atoms with E-state index in [-0.39, 0.29) is 12.1 Å². The van der Waals surface area contributed by atoms with Gasteiger partial charge in [-0.15, -0.1) is 0 Å². The van der Waals surface area contributed by atoms with Crippen LogP contribution in [-0.4, -0.2) is 14.3 Å². The predicted octanol–water partition coefficient (Wildman–Crippen LogP) is -0.670. The number of rotatable bonds is 4. The molecule has 1 aromatic carbocycles. The van der Waals surface area contributed by atoms with E-state index in [4.69, 9.17) is 10.9 Å². The van der Waals surface area contributed by atoms with Crippen LogP contribution in [0.2, 0.25) is 0 Å². The normalized spacial score (nSPS) is 11.0. The summed E-state index contributed by atoms with van der Waals surface area (Å²) in [5, 5.41) is 4.81. The number of para-hydroxylation sites is 1. The minimum absolute atomic E-state index is 0.0430. The van der Waals surface area contributed by atoms with E-state index in [9.17, 15) is 13.2 Å². The van der Waals surface area contributed by atoms with Gasteiger partial charge in [-0.1, -0.05) is 18.2 Å². The van der Waals surface area contributed by atoms with Crippen molar-refractivity contribution >= 4 is 21.8 Å². The maximum absolute atomic E-state index is 10.8. The zero-order valence-corrected chi connectivity index (χ0v) is 8.62. The maximum Gasteiger partial charge on any atom is 0.296 e. The van der Waals surface area contributed by atoms with E-state index in [2.05, 4.69) is 4.72 Å². The molecule has 0 fully saturated rings. The van der Waals surface area contributed by atoms with Gasteiger partial charge in [0.2, 0.25) is 5.91 Å². The lowest BCUT2D eigenvalue weighted by Gasteiger charge is -2.08. The van der Waals surface area contributed by atoms with Crippen LogP contribution in [0.4, 0.5) is 5.69 Å². The van der Waals surface area contributed by atoms with E-state index >= 15 is 0 Å². The fourth-order valence-corrected chi connectivity index (χ4v) is 1.62. The van der Waals surface area contributed by atoms with Gasteiger partial charge >= 0.3 is 0 Å². The highest BCUT2D eigenvalue weighted by Crippen LogP contribution is 2.15. The molecule has 1 aromatic rings. The first-order valence-corrected chi connectivity index (χ1v) is 5.60. The lowest BCUT2D eigenvalue weighted by molar-refractivity contribution is -0.117. The van der Waals surface area contributed by atoms with E-state index in [0.717, 1.165) is 0 Å². The van der Waals surface area contributed by atoms with Gasteiger partial charge < -0.3 is 5.73 Å². The van der Waals surface area contributed by atoms with Gasteiger partial charge in [-0.05, 0) is 11.6 Å². The molecule has 0 aliphatic carbocycles. The fraction of sp³-hybridized carbons (Fsp3) is 0.125. The number of amides is 1. The molecule has 0 atom stereocenters. The Morgan fingerprint density at radius 1 is 1.33 bits per heavy atom. The minimum atomic E-state index is -3.84. The van der Waals surface area contributed by atoms with Crippen LogP contribution in [0.1, 0.15) is 5.56 Å². The van der Waals surface area contributed by atoms with Crippen LogP contribution in [-0.2, 0) is 21.4 Å². The Morgan fingerprint density at radius 2 is 1.93 bits per heavy atom. The molecule has 15 heavy (non-hydrogen) atoms. The highest BCUT2D eigenvalue weighted by molar-refractivity contribution is 7.90. The second-order valence-corrected chi connectivity index (χ2v) is 4.24. The molecule has 0 aliphatic heterocycles. The molecule has 0 saturated carbocycles. The second-order valence-electron chi connectivity index (χ2n) is 2.95. The smallest absolute Gasteiger partial charge is 0.296 e. The molecule has 0 spiro atoms. The first-order valence-electron chi connectivity index (χ1n) is 4.05. The molecule has 82 valence electrons. The third-order valence-corrected chi connectivity index (χ3v) is 2.14. The fourth-order valence-electron chi connectivity index (χ4n) is 1.11. The van der Waals surface area contributed by atoms with E-state index in [1.807, 2.05) is 0 Å². The number of hydrogen-bond acceptors (Lipinski definition) is 3. The summed E-state index contributed by atoms with van der Waals surface area (Å²) in [4.78, 5) is 10.7. The minimum Gasteiger partial charge on any atom is -0.369 e. The average molecular weight is 229 g/mol. The van der Waals surface area contributed by atoms with E-state index in [1.54, 1.807) is 18.2 Å². The first kappa shape index (κ1) is 11.5. The first-order chi connectivity index (χ1) is 6.88. The molecule has 0 aliphatic rings. The summed E-state index contributed by atoms with van der Waals surface area (Å²) in [6.07, 6.45) is -0.0430. The molecule has 6 nitrogen and oxygen atoms in total. The van der Waals surface area contributed by atoms with Crippen molar-refractivity contribution in [1.82, 2.24) is 0 Å². The number of nitrogens with two attached hydrogens (primary N) is 2.